The van der Waals surface area contributed by atoms with Crippen LogP contribution in [0.3, 0.4) is 0 Å². The van der Waals surface area contributed by atoms with Crippen LogP contribution in [0, 0.1) is 0 Å². The van der Waals surface area contributed by atoms with Gasteiger partial charge in [0, 0.05) is 16.3 Å². The molecule has 1 aromatic heterocycles. The van der Waals surface area contributed by atoms with Crippen molar-refractivity contribution in [3.63, 3.8) is 0 Å². The highest BCUT2D eigenvalue weighted by atomic mass is 32.1. The van der Waals surface area contributed by atoms with E-state index in [-0.39, 0.29) is 0 Å². The average Bonchev–Trinajstić information content (AvgIpc) is 2.85. The molecule has 0 aliphatic heterocycles. The van der Waals surface area contributed by atoms with E-state index in [9.17, 15) is 4.79 Å². The molecule has 0 amide bonds. The Kier molecular flexibility index (Phi) is 4.12. The summed E-state index contributed by atoms with van der Waals surface area (Å²) >= 11 is 1.69. The molecule has 0 saturated carbocycles. The summed E-state index contributed by atoms with van der Waals surface area (Å²) in [6.07, 6.45) is 0. The fraction of sp³-hybridized carbons (Fsp3) is 0.214. The number of hydrogen-bond donors (Lipinski definition) is 2. The third kappa shape index (κ3) is 2.97. The lowest BCUT2D eigenvalue weighted by Crippen LogP contribution is -2.10. The average molecular weight is 261 g/mol. The molecular formula is C14H15NO2S. The van der Waals surface area contributed by atoms with Crippen molar-refractivity contribution in [1.82, 2.24) is 5.32 Å². The molecule has 0 radical (unpaired) electrons. The normalized spacial score (nSPS) is 10.5. The van der Waals surface area contributed by atoms with Crippen molar-refractivity contribution < 1.29 is 9.90 Å². The summed E-state index contributed by atoms with van der Waals surface area (Å²) in [5.74, 6) is -0.888. The van der Waals surface area contributed by atoms with E-state index < -0.39 is 5.97 Å². The van der Waals surface area contributed by atoms with Gasteiger partial charge in [-0.25, -0.2) is 4.79 Å². The first-order chi connectivity index (χ1) is 8.70. The van der Waals surface area contributed by atoms with Crippen LogP contribution in [0.15, 0.2) is 36.4 Å². The molecule has 1 heterocycles. The molecule has 2 N–H and O–H groups in total. The SMILES string of the molecule is CCNCc1ccc(-c2cccc(C(=O)O)c2)s1. The second kappa shape index (κ2) is 5.80. The minimum Gasteiger partial charge on any atom is -0.478 e. The van der Waals surface area contributed by atoms with Gasteiger partial charge in [0.25, 0.3) is 0 Å². The molecule has 3 nitrogen and oxygen atoms in total. The van der Waals surface area contributed by atoms with Gasteiger partial charge in [-0.05, 0) is 36.4 Å². The van der Waals surface area contributed by atoms with E-state index in [2.05, 4.69) is 18.3 Å². The number of benzene rings is 1. The minimum absolute atomic E-state index is 0.328. The third-order valence-electron chi connectivity index (χ3n) is 2.60. The lowest BCUT2D eigenvalue weighted by Gasteiger charge is -2.00. The molecule has 2 rings (SSSR count). The summed E-state index contributed by atoms with van der Waals surface area (Å²) in [5.41, 5.74) is 1.29. The van der Waals surface area contributed by atoms with Crippen molar-refractivity contribution in [2.75, 3.05) is 6.54 Å². The molecule has 2 aromatic rings. The fourth-order valence-corrected chi connectivity index (χ4v) is 2.66. The van der Waals surface area contributed by atoms with E-state index in [0.29, 0.717) is 5.56 Å². The van der Waals surface area contributed by atoms with Gasteiger partial charge in [-0.1, -0.05) is 19.1 Å². The number of carboxylic acid groups (broad SMARTS) is 1. The maximum Gasteiger partial charge on any atom is 0.335 e. The van der Waals surface area contributed by atoms with Gasteiger partial charge < -0.3 is 10.4 Å². The lowest BCUT2D eigenvalue weighted by molar-refractivity contribution is 0.0697. The van der Waals surface area contributed by atoms with Crippen molar-refractivity contribution in [2.45, 2.75) is 13.5 Å². The molecular weight excluding hydrogens is 246 g/mol. The van der Waals surface area contributed by atoms with Crippen LogP contribution in [0.5, 0.6) is 0 Å². The minimum atomic E-state index is -0.888. The van der Waals surface area contributed by atoms with Crippen LogP contribution in [-0.4, -0.2) is 17.6 Å². The molecule has 94 valence electrons. The molecule has 0 spiro atoms. The van der Waals surface area contributed by atoms with Gasteiger partial charge in [-0.2, -0.15) is 0 Å². The molecule has 0 fully saturated rings. The van der Waals surface area contributed by atoms with Crippen LogP contribution in [0.4, 0.5) is 0 Å². The molecule has 0 bridgehead atoms. The quantitative estimate of drug-likeness (QED) is 0.868. The molecule has 1 aromatic carbocycles. The Morgan fingerprint density at radius 1 is 1.33 bits per heavy atom. The van der Waals surface area contributed by atoms with Crippen LogP contribution in [-0.2, 0) is 6.54 Å². The van der Waals surface area contributed by atoms with Gasteiger partial charge in [0.05, 0.1) is 5.56 Å². The molecule has 0 atom stereocenters. The second-order valence-corrected chi connectivity index (χ2v) is 5.10. The van der Waals surface area contributed by atoms with Crippen LogP contribution in [0.2, 0.25) is 0 Å². The number of hydrogen-bond acceptors (Lipinski definition) is 3. The first-order valence-electron chi connectivity index (χ1n) is 5.84. The van der Waals surface area contributed by atoms with Crippen molar-refractivity contribution in [3.8, 4) is 10.4 Å². The van der Waals surface area contributed by atoms with E-state index in [1.807, 2.05) is 12.1 Å². The fourth-order valence-electron chi connectivity index (χ4n) is 1.68. The number of aromatic carboxylic acids is 1. The largest absolute Gasteiger partial charge is 0.478 e. The van der Waals surface area contributed by atoms with Gasteiger partial charge in [-0.15, -0.1) is 11.3 Å². The number of carbonyl (C=O) groups is 1. The first-order valence-corrected chi connectivity index (χ1v) is 6.65. The number of thiophene rings is 1. The lowest BCUT2D eigenvalue weighted by atomic mass is 10.1. The zero-order chi connectivity index (χ0) is 13.0. The maximum absolute atomic E-state index is 10.9. The molecule has 0 saturated heterocycles. The Morgan fingerprint density at radius 3 is 2.89 bits per heavy atom. The van der Waals surface area contributed by atoms with Crippen LogP contribution in [0.25, 0.3) is 10.4 Å². The third-order valence-corrected chi connectivity index (χ3v) is 3.74. The Balaban J connectivity index is 2.23. The molecule has 0 aliphatic carbocycles. The highest BCUT2D eigenvalue weighted by Gasteiger charge is 2.06. The van der Waals surface area contributed by atoms with Crippen LogP contribution >= 0.6 is 11.3 Å². The maximum atomic E-state index is 10.9. The van der Waals surface area contributed by atoms with Crippen molar-refractivity contribution in [3.05, 3.63) is 46.8 Å². The van der Waals surface area contributed by atoms with Crippen LogP contribution < -0.4 is 5.32 Å². The summed E-state index contributed by atoms with van der Waals surface area (Å²) in [6.45, 7) is 3.88. The Bertz CT molecular complexity index is 548. The van der Waals surface area contributed by atoms with Crippen LogP contribution in [0.1, 0.15) is 22.2 Å². The zero-order valence-corrected chi connectivity index (χ0v) is 11.0. The summed E-state index contributed by atoms with van der Waals surface area (Å²) in [6, 6.07) is 11.2. The zero-order valence-electron chi connectivity index (χ0n) is 10.1. The summed E-state index contributed by atoms with van der Waals surface area (Å²) in [5, 5.41) is 12.2. The predicted molar refractivity (Wildman–Crippen MR) is 74.1 cm³/mol. The van der Waals surface area contributed by atoms with Gasteiger partial charge in [0.1, 0.15) is 0 Å². The summed E-state index contributed by atoms with van der Waals surface area (Å²) < 4.78 is 0. The van der Waals surface area contributed by atoms with E-state index in [4.69, 9.17) is 5.11 Å². The van der Waals surface area contributed by atoms with Gasteiger partial charge in [-0.3, -0.25) is 0 Å². The van der Waals surface area contributed by atoms with E-state index in [0.717, 1.165) is 23.5 Å². The molecule has 0 unspecified atom stereocenters. The topological polar surface area (TPSA) is 49.3 Å². The number of rotatable bonds is 5. The van der Waals surface area contributed by atoms with E-state index in [1.165, 1.54) is 4.88 Å². The highest BCUT2D eigenvalue weighted by Crippen LogP contribution is 2.28. The predicted octanol–water partition coefficient (Wildman–Crippen LogP) is 3.22. The standard InChI is InChI=1S/C14H15NO2S/c1-2-15-9-12-6-7-13(18-12)10-4-3-5-11(8-10)14(16)17/h3-8,15H,2,9H2,1H3,(H,16,17). The van der Waals surface area contributed by atoms with Gasteiger partial charge >= 0.3 is 5.97 Å². The van der Waals surface area contributed by atoms with Crippen molar-refractivity contribution in [2.24, 2.45) is 0 Å². The monoisotopic (exact) mass is 261 g/mol. The number of nitrogens with one attached hydrogen (secondary N) is 1. The van der Waals surface area contributed by atoms with Crippen molar-refractivity contribution in [1.29, 1.82) is 0 Å². The first kappa shape index (κ1) is 12.8. The Hall–Kier alpha value is -1.65. The molecule has 4 heteroatoms. The summed E-state index contributed by atoms with van der Waals surface area (Å²) in [4.78, 5) is 13.3. The Labute approximate surface area is 110 Å². The van der Waals surface area contributed by atoms with E-state index >= 15 is 0 Å². The van der Waals surface area contributed by atoms with Gasteiger partial charge in [0.2, 0.25) is 0 Å². The molecule has 0 aliphatic rings. The smallest absolute Gasteiger partial charge is 0.335 e. The van der Waals surface area contributed by atoms with E-state index in [1.54, 1.807) is 29.5 Å². The molecule has 18 heavy (non-hydrogen) atoms. The Morgan fingerprint density at radius 2 is 2.17 bits per heavy atom. The second-order valence-electron chi connectivity index (χ2n) is 3.93. The number of carboxylic acids is 1. The highest BCUT2D eigenvalue weighted by molar-refractivity contribution is 7.15. The summed E-state index contributed by atoms with van der Waals surface area (Å²) in [7, 11) is 0. The van der Waals surface area contributed by atoms with Crippen molar-refractivity contribution >= 4 is 17.3 Å². The van der Waals surface area contributed by atoms with Gasteiger partial charge in [0.15, 0.2) is 0 Å².